The number of amides is 2. The maximum atomic E-state index is 13.7. The van der Waals surface area contributed by atoms with Crippen molar-refractivity contribution in [2.24, 2.45) is 0 Å². The molecule has 0 spiro atoms. The van der Waals surface area contributed by atoms with Crippen LogP contribution in [0.4, 0.5) is 33.9 Å². The van der Waals surface area contributed by atoms with E-state index < -0.39 is 28.9 Å². The highest BCUT2D eigenvalue weighted by Crippen LogP contribution is 2.28. The van der Waals surface area contributed by atoms with Crippen LogP contribution in [0.2, 0.25) is 5.15 Å². The van der Waals surface area contributed by atoms with Crippen LogP contribution in [0.15, 0.2) is 24.5 Å². The number of carbonyl (C=O) groups is 1. The van der Waals surface area contributed by atoms with Crippen molar-refractivity contribution in [3.63, 3.8) is 0 Å². The Morgan fingerprint density at radius 2 is 1.97 bits per heavy atom. The van der Waals surface area contributed by atoms with E-state index in [2.05, 4.69) is 30.5 Å². The first kappa shape index (κ1) is 22.2. The second kappa shape index (κ2) is 8.71. The zero-order chi connectivity index (χ0) is 22.8. The smallest absolute Gasteiger partial charge is 0.435 e. The van der Waals surface area contributed by atoms with Gasteiger partial charge in [0.25, 0.3) is 0 Å². The fourth-order valence-electron chi connectivity index (χ4n) is 2.45. The summed E-state index contributed by atoms with van der Waals surface area (Å²) in [4.78, 5) is 25.4. The van der Waals surface area contributed by atoms with E-state index in [9.17, 15) is 22.4 Å². The molecular formula is C17H14ClF4N7O2. The minimum absolute atomic E-state index is 0.0143. The molecule has 2 amide bonds. The Morgan fingerprint density at radius 1 is 1.29 bits per heavy atom. The summed E-state index contributed by atoms with van der Waals surface area (Å²) in [6, 6.07) is 1.22. The van der Waals surface area contributed by atoms with E-state index in [1.807, 2.05) is 0 Å². The first-order valence-corrected chi connectivity index (χ1v) is 8.85. The molecule has 0 saturated heterocycles. The molecule has 0 aliphatic heterocycles. The quantitative estimate of drug-likeness (QED) is 0.441. The normalized spacial score (nSPS) is 11.3. The number of H-pyrrole nitrogens is 1. The van der Waals surface area contributed by atoms with E-state index in [1.54, 1.807) is 0 Å². The fraction of sp³-hybridized carbons (Fsp3) is 0.235. The van der Waals surface area contributed by atoms with Gasteiger partial charge in [-0.15, -0.1) is 0 Å². The lowest BCUT2D eigenvalue weighted by molar-refractivity contribution is -0.141. The third-order valence-electron chi connectivity index (χ3n) is 3.94. The number of methoxy groups -OCH3 is 1. The first-order chi connectivity index (χ1) is 14.6. The number of aromatic nitrogens is 5. The minimum atomic E-state index is -4.66. The summed E-state index contributed by atoms with van der Waals surface area (Å²) in [7, 11) is 1.34. The average molecular weight is 460 g/mol. The van der Waals surface area contributed by atoms with Crippen molar-refractivity contribution in [3.8, 4) is 6.01 Å². The standard InChI is InChI=1S/C17H14ClF4N7O2/c1-8-3-12(25-14(18)13(8)19)26-16(30)29(10-5-23-15(31-2)24-6-10)7-9-4-11(28-27-9)17(20,21)22/h3-6H,7H2,1-2H3,(H,27,28)(H,25,26,30). The van der Waals surface area contributed by atoms with Crippen molar-refractivity contribution in [3.05, 3.63) is 52.4 Å². The number of alkyl halides is 3. The summed E-state index contributed by atoms with van der Waals surface area (Å²) >= 11 is 5.70. The average Bonchev–Trinajstić information content (AvgIpc) is 3.19. The monoisotopic (exact) mass is 459 g/mol. The van der Waals surface area contributed by atoms with Gasteiger partial charge in [0, 0.05) is 0 Å². The van der Waals surface area contributed by atoms with Crippen LogP contribution in [0.5, 0.6) is 6.01 Å². The third kappa shape index (κ3) is 5.17. The van der Waals surface area contributed by atoms with Gasteiger partial charge in [0.05, 0.1) is 37.4 Å². The van der Waals surface area contributed by atoms with Gasteiger partial charge in [0.15, 0.2) is 16.7 Å². The van der Waals surface area contributed by atoms with E-state index in [1.165, 1.54) is 32.5 Å². The molecule has 0 radical (unpaired) electrons. The Balaban J connectivity index is 1.91. The van der Waals surface area contributed by atoms with Gasteiger partial charge in [-0.05, 0) is 24.6 Å². The van der Waals surface area contributed by atoms with E-state index in [0.29, 0.717) is 0 Å². The highest BCUT2D eigenvalue weighted by Gasteiger charge is 2.34. The molecule has 164 valence electrons. The van der Waals surface area contributed by atoms with Gasteiger partial charge in [0.1, 0.15) is 5.82 Å². The van der Waals surface area contributed by atoms with Crippen LogP contribution in [0, 0.1) is 12.7 Å². The molecule has 0 saturated carbocycles. The number of aromatic amines is 1. The van der Waals surface area contributed by atoms with Crippen LogP contribution in [-0.4, -0.2) is 38.3 Å². The minimum Gasteiger partial charge on any atom is -0.467 e. The molecule has 3 aromatic rings. The zero-order valence-electron chi connectivity index (χ0n) is 16.0. The van der Waals surface area contributed by atoms with Crippen molar-refractivity contribution in [1.29, 1.82) is 0 Å². The van der Waals surface area contributed by atoms with Crippen molar-refractivity contribution in [1.82, 2.24) is 25.1 Å². The highest BCUT2D eigenvalue weighted by atomic mass is 35.5. The number of hydrogen-bond acceptors (Lipinski definition) is 6. The molecule has 0 atom stereocenters. The Morgan fingerprint density at radius 3 is 2.52 bits per heavy atom. The van der Waals surface area contributed by atoms with E-state index in [4.69, 9.17) is 16.3 Å². The van der Waals surface area contributed by atoms with Gasteiger partial charge in [-0.3, -0.25) is 15.3 Å². The number of pyridine rings is 1. The lowest BCUT2D eigenvalue weighted by Gasteiger charge is -2.22. The largest absolute Gasteiger partial charge is 0.467 e. The van der Waals surface area contributed by atoms with Gasteiger partial charge in [0.2, 0.25) is 0 Å². The summed E-state index contributed by atoms with van der Waals surface area (Å²) in [5.41, 5.74) is -0.888. The molecule has 0 bridgehead atoms. The van der Waals surface area contributed by atoms with E-state index in [0.717, 1.165) is 11.0 Å². The molecule has 14 heteroatoms. The van der Waals surface area contributed by atoms with Crippen molar-refractivity contribution >= 4 is 29.1 Å². The number of carbonyl (C=O) groups excluding carboxylic acids is 1. The second-order valence-electron chi connectivity index (χ2n) is 6.15. The fourth-order valence-corrected chi connectivity index (χ4v) is 2.69. The van der Waals surface area contributed by atoms with E-state index >= 15 is 0 Å². The predicted molar refractivity (Wildman–Crippen MR) is 101 cm³/mol. The van der Waals surface area contributed by atoms with Gasteiger partial charge in [-0.2, -0.15) is 18.3 Å². The number of aryl methyl sites for hydroxylation is 1. The molecule has 2 N–H and O–H groups in total. The third-order valence-corrected chi connectivity index (χ3v) is 4.19. The molecule has 0 aliphatic rings. The number of ether oxygens (including phenoxy) is 1. The number of anilines is 2. The van der Waals surface area contributed by atoms with Gasteiger partial charge >= 0.3 is 18.2 Å². The van der Waals surface area contributed by atoms with Crippen LogP contribution < -0.4 is 15.0 Å². The van der Waals surface area contributed by atoms with Crippen LogP contribution >= 0.6 is 11.6 Å². The maximum Gasteiger partial charge on any atom is 0.435 e. The number of nitrogens with zero attached hydrogens (tertiary/aromatic N) is 5. The summed E-state index contributed by atoms with van der Waals surface area (Å²) in [6.07, 6.45) is -2.18. The molecule has 3 aromatic heterocycles. The number of urea groups is 1. The molecule has 0 unspecified atom stereocenters. The molecule has 31 heavy (non-hydrogen) atoms. The van der Waals surface area contributed by atoms with E-state index in [-0.39, 0.29) is 35.3 Å². The first-order valence-electron chi connectivity index (χ1n) is 8.47. The number of halogens is 5. The summed E-state index contributed by atoms with van der Waals surface area (Å²) in [5, 5.41) is 7.41. The maximum absolute atomic E-state index is 13.7. The lowest BCUT2D eigenvalue weighted by atomic mass is 10.3. The van der Waals surface area contributed by atoms with Crippen LogP contribution in [0.3, 0.4) is 0 Å². The Bertz CT molecular complexity index is 1070. The second-order valence-corrected chi connectivity index (χ2v) is 6.51. The van der Waals surface area contributed by atoms with Crippen LogP contribution in [0.25, 0.3) is 0 Å². The molecule has 9 nitrogen and oxygen atoms in total. The SMILES string of the molecule is COc1ncc(N(Cc2cc(C(F)(F)F)n[nH]2)C(=O)Nc2cc(C)c(F)c(Cl)n2)cn1. The molecule has 0 aliphatic carbocycles. The van der Waals surface area contributed by atoms with Crippen LogP contribution in [-0.2, 0) is 12.7 Å². The van der Waals surface area contributed by atoms with Crippen molar-refractivity contribution in [2.45, 2.75) is 19.6 Å². The highest BCUT2D eigenvalue weighted by molar-refractivity contribution is 6.29. The summed E-state index contributed by atoms with van der Waals surface area (Å²) in [5.74, 6) is -0.800. The predicted octanol–water partition coefficient (Wildman–Crippen LogP) is 3.96. The molecule has 0 aromatic carbocycles. The molecule has 0 fully saturated rings. The molecule has 3 rings (SSSR count). The lowest BCUT2D eigenvalue weighted by Crippen LogP contribution is -2.35. The van der Waals surface area contributed by atoms with Gasteiger partial charge in [-0.25, -0.2) is 24.1 Å². The van der Waals surface area contributed by atoms with Crippen molar-refractivity contribution in [2.75, 3.05) is 17.3 Å². The molecule has 3 heterocycles. The Labute approximate surface area is 177 Å². The van der Waals surface area contributed by atoms with Crippen molar-refractivity contribution < 1.29 is 27.1 Å². The van der Waals surface area contributed by atoms with Gasteiger partial charge in [-0.1, -0.05) is 11.6 Å². The Hall–Kier alpha value is -3.48. The number of rotatable bonds is 5. The molecular weight excluding hydrogens is 446 g/mol. The topological polar surface area (TPSA) is 109 Å². The summed E-state index contributed by atoms with van der Waals surface area (Å²) < 4.78 is 57.1. The van der Waals surface area contributed by atoms with Crippen LogP contribution in [0.1, 0.15) is 17.0 Å². The summed E-state index contributed by atoms with van der Waals surface area (Å²) in [6.45, 7) is 1.08. The number of hydrogen-bond donors (Lipinski definition) is 2. The Kier molecular flexibility index (Phi) is 6.24. The zero-order valence-corrected chi connectivity index (χ0v) is 16.7. The van der Waals surface area contributed by atoms with Gasteiger partial charge < -0.3 is 4.74 Å². The number of nitrogens with one attached hydrogen (secondary N) is 2.